The van der Waals surface area contributed by atoms with E-state index in [0.29, 0.717) is 0 Å². The van der Waals surface area contributed by atoms with E-state index in [1.807, 2.05) is 6.20 Å². The molecule has 56 valence electrons. The van der Waals surface area contributed by atoms with Crippen LogP contribution in [-0.4, -0.2) is 4.98 Å². The number of fused-ring (bicyclic) bond motifs is 1. The second-order valence-corrected chi connectivity index (χ2v) is 2.87. The molecule has 2 rings (SSSR count). The minimum atomic E-state index is 0.801. The number of hydrogen-bond donors (Lipinski definition) is 2. The Morgan fingerprint density at radius 1 is 1.27 bits per heavy atom. The predicted molar refractivity (Wildman–Crippen MR) is 51.0 cm³/mol. The van der Waals surface area contributed by atoms with Crippen LogP contribution in [0, 0.1) is 0 Å². The molecule has 1 N–H and O–H groups in total. The van der Waals surface area contributed by atoms with Gasteiger partial charge < -0.3 is 4.98 Å². The molecule has 2 heteroatoms. The second kappa shape index (κ2) is 2.62. The highest BCUT2D eigenvalue weighted by atomic mass is 32.1. The number of thiol groups is 1. The molecule has 0 atom stereocenters. The molecule has 1 heterocycles. The summed E-state index contributed by atoms with van der Waals surface area (Å²) in [6, 6.07) is 8.40. The number of rotatable bonds is 1. The number of benzene rings is 1. The molecule has 0 aliphatic rings. The summed E-state index contributed by atoms with van der Waals surface area (Å²) in [7, 11) is 0. The highest BCUT2D eigenvalue weighted by molar-refractivity contribution is 7.79. The van der Waals surface area contributed by atoms with Crippen molar-refractivity contribution in [3.05, 3.63) is 36.0 Å². The topological polar surface area (TPSA) is 15.8 Å². The van der Waals surface area contributed by atoms with Crippen molar-refractivity contribution in [1.82, 2.24) is 4.98 Å². The zero-order valence-corrected chi connectivity index (χ0v) is 6.94. The molecule has 0 aliphatic heterocycles. The van der Waals surface area contributed by atoms with Crippen molar-refractivity contribution in [3.63, 3.8) is 0 Å². The van der Waals surface area contributed by atoms with E-state index in [9.17, 15) is 0 Å². The van der Waals surface area contributed by atoms with Crippen LogP contribution in [0.3, 0.4) is 0 Å². The molecular weight excluding hydrogens is 154 g/mol. The zero-order valence-electron chi connectivity index (χ0n) is 6.04. The molecule has 0 fully saturated rings. The van der Waals surface area contributed by atoms with Gasteiger partial charge in [0, 0.05) is 17.5 Å². The van der Waals surface area contributed by atoms with Gasteiger partial charge in [0.2, 0.25) is 0 Å². The average Bonchev–Trinajstić information content (AvgIpc) is 2.50. The number of aromatic amines is 1. The van der Waals surface area contributed by atoms with Gasteiger partial charge in [0.15, 0.2) is 0 Å². The fraction of sp³-hybridized carbons (Fsp3) is 0.111. The lowest BCUT2D eigenvalue weighted by Gasteiger charge is -1.94. The van der Waals surface area contributed by atoms with Crippen LogP contribution in [0.4, 0.5) is 0 Å². The Bertz CT molecular complexity index is 364. The summed E-state index contributed by atoms with van der Waals surface area (Å²) in [5.41, 5.74) is 2.44. The first-order valence-corrected chi connectivity index (χ1v) is 4.20. The normalized spacial score (nSPS) is 10.6. The van der Waals surface area contributed by atoms with Crippen LogP contribution >= 0.6 is 12.6 Å². The maximum absolute atomic E-state index is 4.20. The first-order chi connectivity index (χ1) is 5.40. The van der Waals surface area contributed by atoms with Crippen molar-refractivity contribution in [3.8, 4) is 0 Å². The molecule has 0 aliphatic carbocycles. The van der Waals surface area contributed by atoms with Gasteiger partial charge in [-0.25, -0.2) is 0 Å². The van der Waals surface area contributed by atoms with Gasteiger partial charge in [-0.2, -0.15) is 12.6 Å². The number of hydrogen-bond acceptors (Lipinski definition) is 1. The average molecular weight is 163 g/mol. The second-order valence-electron chi connectivity index (χ2n) is 2.56. The fourth-order valence-electron chi connectivity index (χ4n) is 1.19. The molecule has 1 aromatic heterocycles. The van der Waals surface area contributed by atoms with E-state index in [4.69, 9.17) is 0 Å². The van der Waals surface area contributed by atoms with Crippen LogP contribution in [0.5, 0.6) is 0 Å². The number of aromatic nitrogens is 1. The van der Waals surface area contributed by atoms with Crippen LogP contribution in [-0.2, 0) is 5.75 Å². The van der Waals surface area contributed by atoms with Gasteiger partial charge in [-0.3, -0.25) is 0 Å². The maximum Gasteiger partial charge on any atom is 0.0456 e. The summed E-state index contributed by atoms with van der Waals surface area (Å²) in [6.07, 6.45) is 1.95. The minimum Gasteiger partial charge on any atom is -0.361 e. The van der Waals surface area contributed by atoms with E-state index >= 15 is 0 Å². The summed E-state index contributed by atoms with van der Waals surface area (Å²) in [6.45, 7) is 0. The van der Waals surface area contributed by atoms with Gasteiger partial charge in [-0.1, -0.05) is 12.1 Å². The summed E-state index contributed by atoms with van der Waals surface area (Å²) in [5.74, 6) is 0.801. The van der Waals surface area contributed by atoms with Gasteiger partial charge in [0.05, 0.1) is 0 Å². The van der Waals surface area contributed by atoms with Crippen molar-refractivity contribution in [2.24, 2.45) is 0 Å². The maximum atomic E-state index is 4.20. The molecule has 2 aromatic rings. The lowest BCUT2D eigenvalue weighted by atomic mass is 10.2. The number of nitrogens with one attached hydrogen (secondary N) is 1. The van der Waals surface area contributed by atoms with Gasteiger partial charge in [-0.05, 0) is 23.1 Å². The van der Waals surface area contributed by atoms with E-state index in [-0.39, 0.29) is 0 Å². The first kappa shape index (κ1) is 6.80. The fourth-order valence-corrected chi connectivity index (χ4v) is 1.39. The molecule has 0 amide bonds. The molecular formula is C9H9NS. The van der Waals surface area contributed by atoms with E-state index < -0.39 is 0 Å². The lowest BCUT2D eigenvalue weighted by Crippen LogP contribution is -1.75. The lowest BCUT2D eigenvalue weighted by molar-refractivity contribution is 1.42. The smallest absolute Gasteiger partial charge is 0.0456 e. The Labute approximate surface area is 70.8 Å². The summed E-state index contributed by atoms with van der Waals surface area (Å²) < 4.78 is 0. The van der Waals surface area contributed by atoms with Crippen molar-refractivity contribution >= 4 is 23.5 Å². The molecule has 0 bridgehead atoms. The van der Waals surface area contributed by atoms with Gasteiger partial charge in [0.1, 0.15) is 0 Å². The largest absolute Gasteiger partial charge is 0.361 e. The first-order valence-electron chi connectivity index (χ1n) is 3.57. The highest BCUT2D eigenvalue weighted by Gasteiger charge is 1.93. The molecule has 0 radical (unpaired) electrons. The standard InChI is InChI=1S/C9H9NS/c11-6-7-1-2-8-3-4-10-9(8)5-7/h1-5,10-11H,6H2. The summed E-state index contributed by atoms with van der Waals surface area (Å²) >= 11 is 4.20. The summed E-state index contributed by atoms with van der Waals surface area (Å²) in [5, 5.41) is 1.26. The molecule has 11 heavy (non-hydrogen) atoms. The van der Waals surface area contributed by atoms with Crippen molar-refractivity contribution in [1.29, 1.82) is 0 Å². The van der Waals surface area contributed by atoms with Gasteiger partial charge in [0.25, 0.3) is 0 Å². The minimum absolute atomic E-state index is 0.801. The SMILES string of the molecule is SCc1ccc2cc[nH]c2c1. The third-order valence-corrected chi connectivity index (χ3v) is 2.17. The molecule has 1 aromatic carbocycles. The monoisotopic (exact) mass is 163 g/mol. The molecule has 0 saturated carbocycles. The number of H-pyrrole nitrogens is 1. The Morgan fingerprint density at radius 2 is 2.18 bits per heavy atom. The van der Waals surface area contributed by atoms with Crippen LogP contribution in [0.15, 0.2) is 30.5 Å². The van der Waals surface area contributed by atoms with Gasteiger partial charge >= 0.3 is 0 Å². The van der Waals surface area contributed by atoms with Crippen molar-refractivity contribution < 1.29 is 0 Å². The Kier molecular flexibility index (Phi) is 1.62. The molecule has 0 spiro atoms. The van der Waals surface area contributed by atoms with Crippen molar-refractivity contribution in [2.45, 2.75) is 5.75 Å². The predicted octanol–water partition coefficient (Wildman–Crippen LogP) is 2.60. The molecule has 0 unspecified atom stereocenters. The Balaban J connectivity index is 2.67. The Hall–Kier alpha value is -0.890. The molecule has 0 saturated heterocycles. The van der Waals surface area contributed by atoms with E-state index in [1.165, 1.54) is 16.5 Å². The zero-order chi connectivity index (χ0) is 7.68. The van der Waals surface area contributed by atoms with Crippen LogP contribution in [0.2, 0.25) is 0 Å². The van der Waals surface area contributed by atoms with Crippen LogP contribution < -0.4 is 0 Å². The summed E-state index contributed by atoms with van der Waals surface area (Å²) in [4.78, 5) is 3.16. The van der Waals surface area contributed by atoms with Crippen LogP contribution in [0.1, 0.15) is 5.56 Å². The molecule has 1 nitrogen and oxygen atoms in total. The van der Waals surface area contributed by atoms with Gasteiger partial charge in [-0.15, -0.1) is 0 Å². The Morgan fingerprint density at radius 3 is 3.00 bits per heavy atom. The van der Waals surface area contributed by atoms with Crippen molar-refractivity contribution in [2.75, 3.05) is 0 Å². The van der Waals surface area contributed by atoms with E-state index in [2.05, 4.69) is 41.9 Å². The van der Waals surface area contributed by atoms with E-state index in [1.54, 1.807) is 0 Å². The van der Waals surface area contributed by atoms with Crippen LogP contribution in [0.25, 0.3) is 10.9 Å². The third kappa shape index (κ3) is 1.14. The third-order valence-electron chi connectivity index (χ3n) is 1.80. The quantitative estimate of drug-likeness (QED) is 0.601. The van der Waals surface area contributed by atoms with E-state index in [0.717, 1.165) is 5.75 Å². The highest BCUT2D eigenvalue weighted by Crippen LogP contribution is 2.14.